The lowest BCUT2D eigenvalue weighted by molar-refractivity contribution is 0.0592. The van der Waals surface area contributed by atoms with Crippen LogP contribution in [0.4, 0.5) is 0 Å². The van der Waals surface area contributed by atoms with E-state index in [1.807, 2.05) is 31.2 Å². The van der Waals surface area contributed by atoms with Gasteiger partial charge in [-0.2, -0.15) is 0 Å². The Bertz CT molecular complexity index is 698. The van der Waals surface area contributed by atoms with Gasteiger partial charge >= 0.3 is 5.97 Å². The van der Waals surface area contributed by atoms with Gasteiger partial charge < -0.3 is 10.1 Å². The molecule has 1 aromatic heterocycles. The fraction of sp³-hybridized carbons (Fsp3) is 0.312. The number of carbonyl (C=O) groups excluding carboxylic acids is 1. The second-order valence-electron chi connectivity index (χ2n) is 5.05. The lowest BCUT2D eigenvalue weighted by Crippen LogP contribution is -2.28. The topological polar surface area (TPSA) is 64.1 Å². The Labute approximate surface area is 123 Å². The molecule has 1 N–H and O–H groups in total. The molecule has 1 aliphatic heterocycles. The summed E-state index contributed by atoms with van der Waals surface area (Å²) in [5.74, 6) is 0.182. The van der Waals surface area contributed by atoms with Crippen molar-refractivity contribution in [3.05, 3.63) is 46.8 Å². The molecule has 0 saturated heterocycles. The van der Waals surface area contributed by atoms with Crippen molar-refractivity contribution in [2.75, 3.05) is 13.7 Å². The molecule has 108 valence electrons. The van der Waals surface area contributed by atoms with Gasteiger partial charge in [0.2, 0.25) is 0 Å². The van der Waals surface area contributed by atoms with Gasteiger partial charge in [0, 0.05) is 30.6 Å². The quantitative estimate of drug-likeness (QED) is 0.853. The molecule has 1 aromatic carbocycles. The maximum absolute atomic E-state index is 12.0. The van der Waals surface area contributed by atoms with Crippen LogP contribution >= 0.6 is 0 Å². The first kappa shape index (κ1) is 13.7. The number of nitrogens with one attached hydrogen (secondary N) is 1. The molecule has 1 aliphatic rings. The van der Waals surface area contributed by atoms with E-state index >= 15 is 0 Å². The summed E-state index contributed by atoms with van der Waals surface area (Å²) >= 11 is 0. The highest BCUT2D eigenvalue weighted by molar-refractivity contribution is 5.89. The number of aryl methyl sites for hydroxylation is 1. The lowest BCUT2D eigenvalue weighted by Gasteiger charge is -2.19. The monoisotopic (exact) mass is 283 g/mol. The molecule has 0 atom stereocenters. The smallest absolute Gasteiger partial charge is 0.357 e. The summed E-state index contributed by atoms with van der Waals surface area (Å²) in [6.45, 7) is 3.48. The minimum absolute atomic E-state index is 0.368. The van der Waals surface area contributed by atoms with Crippen molar-refractivity contribution < 1.29 is 9.53 Å². The first-order valence-electron chi connectivity index (χ1n) is 6.95. The van der Waals surface area contributed by atoms with Crippen LogP contribution in [-0.2, 0) is 17.7 Å². The summed E-state index contributed by atoms with van der Waals surface area (Å²) in [5, 5.41) is 3.24. The molecular weight excluding hydrogens is 266 g/mol. The summed E-state index contributed by atoms with van der Waals surface area (Å²) in [7, 11) is 1.38. The van der Waals surface area contributed by atoms with Gasteiger partial charge in [-0.3, -0.25) is 0 Å². The SMILES string of the molecule is COC(=O)c1nc(-c2ccccc2C)nc2c1CNCC2. The van der Waals surface area contributed by atoms with E-state index in [0.717, 1.165) is 35.3 Å². The zero-order valence-corrected chi connectivity index (χ0v) is 12.1. The molecule has 0 fully saturated rings. The molecule has 0 spiro atoms. The average Bonchev–Trinajstić information content (AvgIpc) is 2.53. The molecule has 0 amide bonds. The van der Waals surface area contributed by atoms with E-state index in [1.54, 1.807) is 0 Å². The Morgan fingerprint density at radius 3 is 2.86 bits per heavy atom. The van der Waals surface area contributed by atoms with Crippen molar-refractivity contribution in [3.63, 3.8) is 0 Å². The number of ether oxygens (including phenoxy) is 1. The molecular formula is C16H17N3O2. The second-order valence-corrected chi connectivity index (χ2v) is 5.05. The largest absolute Gasteiger partial charge is 0.464 e. The zero-order chi connectivity index (χ0) is 14.8. The molecule has 3 rings (SSSR count). The third kappa shape index (κ3) is 2.52. The van der Waals surface area contributed by atoms with Gasteiger partial charge in [-0.1, -0.05) is 24.3 Å². The van der Waals surface area contributed by atoms with E-state index in [-0.39, 0.29) is 0 Å². The maximum Gasteiger partial charge on any atom is 0.357 e. The fourth-order valence-electron chi connectivity index (χ4n) is 2.55. The highest BCUT2D eigenvalue weighted by Crippen LogP contribution is 2.24. The number of esters is 1. The Morgan fingerprint density at radius 1 is 1.29 bits per heavy atom. The second kappa shape index (κ2) is 5.61. The standard InChI is InChI=1S/C16H17N3O2/c1-10-5-3-4-6-11(10)15-18-13-7-8-17-9-12(13)14(19-15)16(20)21-2/h3-6,17H,7-9H2,1-2H3. The Morgan fingerprint density at radius 2 is 2.10 bits per heavy atom. The van der Waals surface area contributed by atoms with Gasteiger partial charge in [-0.25, -0.2) is 14.8 Å². The van der Waals surface area contributed by atoms with Gasteiger partial charge in [0.25, 0.3) is 0 Å². The summed E-state index contributed by atoms with van der Waals surface area (Å²) in [5.41, 5.74) is 4.19. The molecule has 0 bridgehead atoms. The number of benzene rings is 1. The Balaban J connectivity index is 2.19. The van der Waals surface area contributed by atoms with E-state index < -0.39 is 5.97 Å². The molecule has 21 heavy (non-hydrogen) atoms. The Hall–Kier alpha value is -2.27. The average molecular weight is 283 g/mol. The molecule has 0 saturated carbocycles. The van der Waals surface area contributed by atoms with Crippen LogP contribution in [-0.4, -0.2) is 29.6 Å². The predicted octanol–water partition coefficient (Wildman–Crippen LogP) is 1.88. The van der Waals surface area contributed by atoms with Crippen molar-refractivity contribution >= 4 is 5.97 Å². The van der Waals surface area contributed by atoms with Crippen LogP contribution in [0, 0.1) is 6.92 Å². The van der Waals surface area contributed by atoms with Crippen LogP contribution in [0.5, 0.6) is 0 Å². The van der Waals surface area contributed by atoms with Gasteiger partial charge in [0.15, 0.2) is 11.5 Å². The van der Waals surface area contributed by atoms with Crippen molar-refractivity contribution in [2.45, 2.75) is 19.9 Å². The minimum Gasteiger partial charge on any atom is -0.464 e. The third-order valence-electron chi connectivity index (χ3n) is 3.70. The number of methoxy groups -OCH3 is 1. The minimum atomic E-state index is -0.410. The zero-order valence-electron chi connectivity index (χ0n) is 12.1. The van der Waals surface area contributed by atoms with Crippen molar-refractivity contribution in [1.29, 1.82) is 0 Å². The van der Waals surface area contributed by atoms with Crippen molar-refractivity contribution in [2.24, 2.45) is 0 Å². The van der Waals surface area contributed by atoms with Crippen LogP contribution in [0.25, 0.3) is 11.4 Å². The van der Waals surface area contributed by atoms with Crippen LogP contribution in [0.15, 0.2) is 24.3 Å². The van der Waals surface area contributed by atoms with Gasteiger partial charge in [-0.15, -0.1) is 0 Å². The highest BCUT2D eigenvalue weighted by Gasteiger charge is 2.23. The normalized spacial score (nSPS) is 13.6. The molecule has 0 aliphatic carbocycles. The summed E-state index contributed by atoms with van der Waals surface area (Å²) in [4.78, 5) is 21.1. The number of nitrogens with zero attached hydrogens (tertiary/aromatic N) is 2. The van der Waals surface area contributed by atoms with Crippen LogP contribution in [0.2, 0.25) is 0 Å². The molecule has 2 aromatic rings. The fourth-order valence-corrected chi connectivity index (χ4v) is 2.55. The number of aromatic nitrogens is 2. The predicted molar refractivity (Wildman–Crippen MR) is 79.0 cm³/mol. The molecule has 2 heterocycles. The molecule has 5 nitrogen and oxygen atoms in total. The van der Waals surface area contributed by atoms with Gasteiger partial charge in [-0.05, 0) is 12.5 Å². The Kier molecular flexibility index (Phi) is 3.66. The summed E-state index contributed by atoms with van der Waals surface area (Å²) in [6.07, 6.45) is 0.792. The van der Waals surface area contributed by atoms with Crippen LogP contribution < -0.4 is 5.32 Å². The van der Waals surface area contributed by atoms with E-state index in [0.29, 0.717) is 18.1 Å². The molecule has 0 radical (unpaired) electrons. The first-order valence-corrected chi connectivity index (χ1v) is 6.95. The van der Waals surface area contributed by atoms with Crippen molar-refractivity contribution in [3.8, 4) is 11.4 Å². The van der Waals surface area contributed by atoms with Gasteiger partial charge in [0.1, 0.15) is 0 Å². The van der Waals surface area contributed by atoms with Crippen molar-refractivity contribution in [1.82, 2.24) is 15.3 Å². The van der Waals surface area contributed by atoms with Crippen LogP contribution in [0.3, 0.4) is 0 Å². The number of hydrogen-bond acceptors (Lipinski definition) is 5. The van der Waals surface area contributed by atoms with Crippen LogP contribution in [0.1, 0.15) is 27.3 Å². The highest BCUT2D eigenvalue weighted by atomic mass is 16.5. The summed E-state index contributed by atoms with van der Waals surface area (Å²) < 4.78 is 4.87. The summed E-state index contributed by atoms with van der Waals surface area (Å²) in [6, 6.07) is 7.91. The number of rotatable bonds is 2. The third-order valence-corrected chi connectivity index (χ3v) is 3.70. The molecule has 0 unspecified atom stereocenters. The van der Waals surface area contributed by atoms with E-state index in [1.165, 1.54) is 7.11 Å². The van der Waals surface area contributed by atoms with Gasteiger partial charge in [0.05, 0.1) is 12.8 Å². The first-order chi connectivity index (χ1) is 10.2. The molecule has 5 heteroatoms. The van der Waals surface area contributed by atoms with E-state index in [4.69, 9.17) is 4.74 Å². The maximum atomic E-state index is 12.0. The number of hydrogen-bond donors (Lipinski definition) is 1. The number of fused-ring (bicyclic) bond motifs is 1. The number of carbonyl (C=O) groups is 1. The van der Waals surface area contributed by atoms with E-state index in [2.05, 4.69) is 15.3 Å². The van der Waals surface area contributed by atoms with E-state index in [9.17, 15) is 4.79 Å². The lowest BCUT2D eigenvalue weighted by atomic mass is 10.0.